The first-order valence-electron chi connectivity index (χ1n) is 6.23. The summed E-state index contributed by atoms with van der Waals surface area (Å²) in [4.78, 5) is 0. The third-order valence-electron chi connectivity index (χ3n) is 3.30. The van der Waals surface area contributed by atoms with E-state index in [4.69, 9.17) is 0 Å². The predicted octanol–water partition coefficient (Wildman–Crippen LogP) is 4.25. The van der Waals surface area contributed by atoms with Gasteiger partial charge in [-0.2, -0.15) is 0 Å². The highest BCUT2D eigenvalue weighted by Crippen LogP contribution is 2.51. The summed E-state index contributed by atoms with van der Waals surface area (Å²) in [7, 11) is 0. The van der Waals surface area contributed by atoms with E-state index in [-0.39, 0.29) is 3.41 Å². The molecule has 0 saturated carbocycles. The fourth-order valence-corrected chi connectivity index (χ4v) is 5.20. The van der Waals surface area contributed by atoms with Gasteiger partial charge in [-0.05, 0) is 48.6 Å². The maximum Gasteiger partial charge on any atom is 0.136 e. The lowest BCUT2D eigenvalue weighted by Crippen LogP contribution is -2.24. The predicted molar refractivity (Wildman–Crippen MR) is 94.0 cm³/mol. The maximum absolute atomic E-state index is 10.7. The summed E-state index contributed by atoms with van der Waals surface area (Å²) in [5.74, 6) is 0. The van der Waals surface area contributed by atoms with Crippen LogP contribution >= 0.6 is 35.3 Å². The van der Waals surface area contributed by atoms with E-state index in [1.165, 1.54) is 0 Å². The Morgan fingerprint density at radius 3 is 1.90 bits per heavy atom. The second kappa shape index (κ2) is 6.98. The van der Waals surface area contributed by atoms with Gasteiger partial charge in [-0.3, -0.25) is 0 Å². The molecule has 0 aliphatic heterocycles. The zero-order chi connectivity index (χ0) is 14.6. The van der Waals surface area contributed by atoms with Gasteiger partial charge in [-0.25, -0.2) is 0 Å². The maximum atomic E-state index is 10.7. The van der Waals surface area contributed by atoms with Crippen LogP contribution in [0.15, 0.2) is 48.8 Å². The first-order chi connectivity index (χ1) is 9.66. The molecule has 0 aliphatic carbocycles. The van der Waals surface area contributed by atoms with Crippen molar-refractivity contribution in [3.05, 3.63) is 54.4 Å². The van der Waals surface area contributed by atoms with Crippen LogP contribution in [-0.4, -0.2) is 31.9 Å². The van der Waals surface area contributed by atoms with Gasteiger partial charge in [0, 0.05) is 18.1 Å². The molecular formula is C15H19NOS3. The molecule has 0 amide bonds. The molecule has 1 N–H and O–H groups in total. The molecule has 0 bridgehead atoms. The molecule has 2 rings (SSSR count). The van der Waals surface area contributed by atoms with E-state index in [0.717, 1.165) is 11.3 Å². The minimum atomic E-state index is -0.499. The molecule has 20 heavy (non-hydrogen) atoms. The Morgan fingerprint density at radius 1 is 0.950 bits per heavy atom. The van der Waals surface area contributed by atoms with Gasteiger partial charge < -0.3 is 9.67 Å². The first-order valence-corrected chi connectivity index (χ1v) is 9.91. The molecule has 108 valence electrons. The highest BCUT2D eigenvalue weighted by Gasteiger charge is 2.36. The van der Waals surface area contributed by atoms with Crippen LogP contribution in [0, 0.1) is 0 Å². The van der Waals surface area contributed by atoms with Crippen LogP contribution in [0.4, 0.5) is 0 Å². The first kappa shape index (κ1) is 15.9. The number of benzene rings is 1. The number of aliphatic hydroxyl groups is 1. The molecule has 1 atom stereocenters. The lowest BCUT2D eigenvalue weighted by molar-refractivity contribution is 0.188. The molecule has 1 aromatic heterocycles. The zero-order valence-electron chi connectivity index (χ0n) is 11.8. The molecule has 0 saturated heterocycles. The zero-order valence-corrected chi connectivity index (χ0v) is 14.3. The van der Waals surface area contributed by atoms with Crippen LogP contribution in [0.5, 0.6) is 0 Å². The van der Waals surface area contributed by atoms with Crippen molar-refractivity contribution in [1.82, 2.24) is 4.57 Å². The molecule has 0 radical (unpaired) electrons. The molecule has 0 spiro atoms. The molecule has 1 aromatic carbocycles. The topological polar surface area (TPSA) is 25.2 Å². The average Bonchev–Trinajstić information content (AvgIpc) is 3.04. The Kier molecular flexibility index (Phi) is 5.55. The number of rotatable bonds is 6. The summed E-state index contributed by atoms with van der Waals surface area (Å²) < 4.78 is 1.80. The van der Waals surface area contributed by atoms with Gasteiger partial charge >= 0.3 is 0 Å². The van der Waals surface area contributed by atoms with Crippen molar-refractivity contribution in [2.24, 2.45) is 0 Å². The van der Waals surface area contributed by atoms with E-state index in [1.807, 2.05) is 67.6 Å². The van der Waals surface area contributed by atoms with Crippen LogP contribution in [0.1, 0.15) is 11.7 Å². The van der Waals surface area contributed by atoms with Gasteiger partial charge in [0.15, 0.2) is 0 Å². The summed E-state index contributed by atoms with van der Waals surface area (Å²) in [6.07, 6.45) is 9.67. The summed E-state index contributed by atoms with van der Waals surface area (Å²) in [6.45, 7) is 0. The molecule has 0 aliphatic rings. The van der Waals surface area contributed by atoms with Crippen molar-refractivity contribution in [3.8, 4) is 5.69 Å². The monoisotopic (exact) mass is 325 g/mol. The van der Waals surface area contributed by atoms with Crippen LogP contribution in [0.3, 0.4) is 0 Å². The normalized spacial score (nSPS) is 13.4. The minimum absolute atomic E-state index is 0.255. The Labute approximate surface area is 133 Å². The Bertz CT molecular complexity index is 512. The van der Waals surface area contributed by atoms with E-state index < -0.39 is 6.10 Å². The molecular weight excluding hydrogens is 306 g/mol. The average molecular weight is 326 g/mol. The Morgan fingerprint density at radius 2 is 1.45 bits per heavy atom. The second-order valence-electron chi connectivity index (χ2n) is 4.30. The van der Waals surface area contributed by atoms with Gasteiger partial charge in [-0.15, -0.1) is 35.3 Å². The molecule has 2 aromatic rings. The van der Waals surface area contributed by atoms with Crippen LogP contribution in [-0.2, 0) is 0 Å². The van der Waals surface area contributed by atoms with Crippen LogP contribution in [0.25, 0.3) is 5.69 Å². The van der Waals surface area contributed by atoms with Gasteiger partial charge in [-0.1, -0.05) is 12.1 Å². The highest BCUT2D eigenvalue weighted by atomic mass is 32.3. The van der Waals surface area contributed by atoms with E-state index in [1.54, 1.807) is 35.3 Å². The molecule has 1 heterocycles. The lowest BCUT2D eigenvalue weighted by atomic mass is 10.1. The number of hydrogen-bond acceptors (Lipinski definition) is 4. The number of thioether (sulfide) groups is 3. The van der Waals surface area contributed by atoms with Gasteiger partial charge in [0.05, 0.1) is 0 Å². The third kappa shape index (κ3) is 3.06. The minimum Gasteiger partial charge on any atom is -0.385 e. The molecule has 5 heteroatoms. The molecule has 0 fully saturated rings. The fourth-order valence-electron chi connectivity index (χ4n) is 2.12. The number of aromatic nitrogens is 1. The van der Waals surface area contributed by atoms with Gasteiger partial charge in [0.2, 0.25) is 0 Å². The van der Waals surface area contributed by atoms with E-state index in [9.17, 15) is 5.11 Å². The summed E-state index contributed by atoms with van der Waals surface area (Å²) in [5, 5.41) is 10.7. The number of nitrogens with zero attached hydrogens (tertiary/aromatic N) is 1. The smallest absolute Gasteiger partial charge is 0.136 e. The lowest BCUT2D eigenvalue weighted by Gasteiger charge is -2.33. The number of aliphatic hydroxyl groups excluding tert-OH is 1. The number of hydrogen-bond donors (Lipinski definition) is 1. The quantitative estimate of drug-likeness (QED) is 0.803. The van der Waals surface area contributed by atoms with Crippen molar-refractivity contribution >= 4 is 35.3 Å². The Balaban J connectivity index is 2.25. The largest absolute Gasteiger partial charge is 0.385 e. The van der Waals surface area contributed by atoms with E-state index in [2.05, 4.69) is 4.57 Å². The molecule has 2 nitrogen and oxygen atoms in total. The summed E-state index contributed by atoms with van der Waals surface area (Å²) in [5.41, 5.74) is 2.06. The van der Waals surface area contributed by atoms with Crippen LogP contribution < -0.4 is 0 Å². The van der Waals surface area contributed by atoms with Crippen molar-refractivity contribution < 1.29 is 5.11 Å². The fraction of sp³-hybridized carbons (Fsp3) is 0.333. The third-order valence-corrected chi connectivity index (χ3v) is 8.68. The van der Waals surface area contributed by atoms with Crippen molar-refractivity contribution in [2.75, 3.05) is 18.8 Å². The SMILES string of the molecule is CSC(SC)(SC)[C@H](O)c1ccc(-n2cccc2)cc1. The summed E-state index contributed by atoms with van der Waals surface area (Å²) >= 11 is 5.08. The van der Waals surface area contributed by atoms with E-state index >= 15 is 0 Å². The van der Waals surface area contributed by atoms with E-state index in [0.29, 0.717) is 0 Å². The molecule has 0 unspecified atom stereocenters. The second-order valence-corrected chi connectivity index (χ2v) is 8.23. The van der Waals surface area contributed by atoms with Crippen molar-refractivity contribution in [2.45, 2.75) is 9.52 Å². The van der Waals surface area contributed by atoms with Gasteiger partial charge in [0.25, 0.3) is 0 Å². The van der Waals surface area contributed by atoms with Crippen molar-refractivity contribution in [3.63, 3.8) is 0 Å². The standard InChI is InChI=1S/C15H19NOS3/c1-18-15(19-2,20-3)14(17)12-6-8-13(9-7-12)16-10-4-5-11-16/h4-11,14,17H,1-3H3/t14-/m1/s1. The van der Waals surface area contributed by atoms with Crippen LogP contribution in [0.2, 0.25) is 0 Å². The van der Waals surface area contributed by atoms with Crippen molar-refractivity contribution in [1.29, 1.82) is 0 Å². The highest BCUT2D eigenvalue weighted by molar-refractivity contribution is 8.33. The Hall–Kier alpha value is -0.490. The summed E-state index contributed by atoms with van der Waals surface area (Å²) in [6, 6.07) is 12.1. The van der Waals surface area contributed by atoms with Gasteiger partial charge in [0.1, 0.15) is 9.52 Å².